The van der Waals surface area contributed by atoms with Crippen LogP contribution in [0.3, 0.4) is 0 Å². The van der Waals surface area contributed by atoms with Crippen molar-refractivity contribution in [3.63, 3.8) is 0 Å². The first-order valence-electron chi connectivity index (χ1n) is 6.12. The zero-order valence-electron chi connectivity index (χ0n) is 10.4. The van der Waals surface area contributed by atoms with Crippen molar-refractivity contribution >= 4 is 47.8 Å². The first-order chi connectivity index (χ1) is 9.65. The number of rotatable bonds is 2. The lowest BCUT2D eigenvalue weighted by Crippen LogP contribution is -2.32. The Kier molecular flexibility index (Phi) is 4.38. The second-order valence-corrected chi connectivity index (χ2v) is 7.24. The summed E-state index contributed by atoms with van der Waals surface area (Å²) in [4.78, 5) is 0.0442. The second kappa shape index (κ2) is 6.08. The van der Waals surface area contributed by atoms with Crippen molar-refractivity contribution in [2.45, 2.75) is 10.9 Å². The molecule has 0 radical (unpaired) electrons. The number of ether oxygens (including phenoxy) is 2. The number of alkyl halides is 1. The van der Waals surface area contributed by atoms with Gasteiger partial charge in [0.15, 0.2) is 11.5 Å². The summed E-state index contributed by atoms with van der Waals surface area (Å²) in [7, 11) is 0. The molecule has 0 aromatic heterocycles. The summed E-state index contributed by atoms with van der Waals surface area (Å²) >= 11 is 10.8. The standard InChI is InChI=1S/C15H11Br3O2/c16-9-5-6-11(17)10(7-9)15(18)14-8-19-12-3-1-2-4-13(12)20-14/h1-7,14-15H,8H2. The summed E-state index contributed by atoms with van der Waals surface area (Å²) in [6.45, 7) is 0.520. The van der Waals surface area contributed by atoms with Crippen LogP contribution in [0.4, 0.5) is 0 Å². The van der Waals surface area contributed by atoms with Crippen molar-refractivity contribution in [2.75, 3.05) is 6.61 Å². The normalized spacial score (nSPS) is 18.6. The van der Waals surface area contributed by atoms with Gasteiger partial charge in [0.1, 0.15) is 12.7 Å². The number of hydrogen-bond donors (Lipinski definition) is 0. The maximum Gasteiger partial charge on any atom is 0.161 e. The van der Waals surface area contributed by atoms with Crippen LogP contribution in [0.15, 0.2) is 51.4 Å². The zero-order chi connectivity index (χ0) is 14.1. The van der Waals surface area contributed by atoms with E-state index < -0.39 is 0 Å². The lowest BCUT2D eigenvalue weighted by molar-refractivity contribution is 0.0903. The Bertz CT molecular complexity index is 630. The quantitative estimate of drug-likeness (QED) is 0.549. The monoisotopic (exact) mass is 460 g/mol. The minimum Gasteiger partial charge on any atom is -0.486 e. The summed E-state index contributed by atoms with van der Waals surface area (Å²) < 4.78 is 13.9. The van der Waals surface area contributed by atoms with Gasteiger partial charge in [-0.25, -0.2) is 0 Å². The van der Waals surface area contributed by atoms with E-state index in [9.17, 15) is 0 Å². The number of halogens is 3. The molecule has 0 saturated carbocycles. The fourth-order valence-electron chi connectivity index (χ4n) is 2.11. The van der Waals surface area contributed by atoms with Crippen molar-refractivity contribution in [1.82, 2.24) is 0 Å². The Morgan fingerprint density at radius 2 is 1.80 bits per heavy atom. The number of hydrogen-bond acceptors (Lipinski definition) is 2. The molecule has 1 heterocycles. The lowest BCUT2D eigenvalue weighted by atomic mass is 10.1. The van der Waals surface area contributed by atoms with Crippen LogP contribution >= 0.6 is 47.8 Å². The van der Waals surface area contributed by atoms with Gasteiger partial charge in [-0.3, -0.25) is 0 Å². The fraction of sp³-hybridized carbons (Fsp3) is 0.200. The van der Waals surface area contributed by atoms with Gasteiger partial charge in [0.05, 0.1) is 4.83 Å². The van der Waals surface area contributed by atoms with Gasteiger partial charge in [-0.2, -0.15) is 0 Å². The van der Waals surface area contributed by atoms with Gasteiger partial charge in [0.2, 0.25) is 0 Å². The molecule has 3 rings (SSSR count). The van der Waals surface area contributed by atoms with Crippen LogP contribution in [-0.2, 0) is 0 Å². The molecule has 0 fully saturated rings. The van der Waals surface area contributed by atoms with E-state index >= 15 is 0 Å². The molecule has 0 bridgehead atoms. The molecule has 5 heteroatoms. The largest absolute Gasteiger partial charge is 0.486 e. The van der Waals surface area contributed by atoms with E-state index in [0.29, 0.717) is 6.61 Å². The maximum atomic E-state index is 6.03. The van der Waals surface area contributed by atoms with E-state index in [1.165, 1.54) is 0 Å². The van der Waals surface area contributed by atoms with Crippen LogP contribution in [0.1, 0.15) is 10.4 Å². The van der Waals surface area contributed by atoms with Crippen LogP contribution in [0.2, 0.25) is 0 Å². The topological polar surface area (TPSA) is 18.5 Å². The van der Waals surface area contributed by atoms with Crippen molar-refractivity contribution in [2.24, 2.45) is 0 Å². The van der Waals surface area contributed by atoms with Gasteiger partial charge < -0.3 is 9.47 Å². The lowest BCUT2D eigenvalue weighted by Gasteiger charge is -2.30. The molecule has 2 unspecified atom stereocenters. The van der Waals surface area contributed by atoms with Gasteiger partial charge in [0, 0.05) is 8.95 Å². The van der Waals surface area contributed by atoms with E-state index in [2.05, 4.69) is 53.9 Å². The first kappa shape index (κ1) is 14.4. The highest BCUT2D eigenvalue weighted by molar-refractivity contribution is 9.11. The number of fused-ring (bicyclic) bond motifs is 1. The molecule has 1 aliphatic heterocycles. The predicted octanol–water partition coefficient (Wildman–Crippen LogP) is 5.49. The maximum absolute atomic E-state index is 6.03. The molecule has 0 aliphatic carbocycles. The molecular weight excluding hydrogens is 452 g/mol. The summed E-state index contributed by atoms with van der Waals surface area (Å²) in [6.07, 6.45) is -0.0736. The third kappa shape index (κ3) is 2.90. The molecule has 0 spiro atoms. The molecule has 20 heavy (non-hydrogen) atoms. The van der Waals surface area contributed by atoms with E-state index in [-0.39, 0.29) is 10.9 Å². The first-order valence-corrected chi connectivity index (χ1v) is 8.63. The molecule has 2 aromatic rings. The van der Waals surface area contributed by atoms with Gasteiger partial charge >= 0.3 is 0 Å². The molecular formula is C15H11Br3O2. The Morgan fingerprint density at radius 3 is 2.60 bits per heavy atom. The Morgan fingerprint density at radius 1 is 1.05 bits per heavy atom. The van der Waals surface area contributed by atoms with Crippen molar-refractivity contribution in [1.29, 1.82) is 0 Å². The Hall–Kier alpha value is -0.520. The smallest absolute Gasteiger partial charge is 0.161 e. The van der Waals surface area contributed by atoms with Crippen LogP contribution in [0.25, 0.3) is 0 Å². The van der Waals surface area contributed by atoms with Gasteiger partial charge in [0.25, 0.3) is 0 Å². The van der Waals surface area contributed by atoms with Crippen molar-refractivity contribution < 1.29 is 9.47 Å². The van der Waals surface area contributed by atoms with E-state index in [0.717, 1.165) is 26.0 Å². The van der Waals surface area contributed by atoms with Crippen LogP contribution in [-0.4, -0.2) is 12.7 Å². The minimum absolute atomic E-state index is 0.0442. The van der Waals surface area contributed by atoms with E-state index in [1.807, 2.05) is 36.4 Å². The summed E-state index contributed by atoms with van der Waals surface area (Å²) in [5.74, 6) is 1.59. The van der Waals surface area contributed by atoms with Crippen molar-refractivity contribution in [3.05, 3.63) is 57.0 Å². The molecule has 2 atom stereocenters. The van der Waals surface area contributed by atoms with Crippen LogP contribution < -0.4 is 9.47 Å². The highest BCUT2D eigenvalue weighted by Gasteiger charge is 2.29. The molecule has 2 nitrogen and oxygen atoms in total. The molecule has 1 aliphatic rings. The predicted molar refractivity (Wildman–Crippen MR) is 89.9 cm³/mol. The van der Waals surface area contributed by atoms with E-state index in [4.69, 9.17) is 9.47 Å². The van der Waals surface area contributed by atoms with Gasteiger partial charge in [-0.1, -0.05) is 59.9 Å². The number of benzene rings is 2. The molecule has 0 saturated heterocycles. The molecule has 104 valence electrons. The third-order valence-electron chi connectivity index (χ3n) is 3.11. The minimum atomic E-state index is -0.0736. The Balaban J connectivity index is 1.85. The summed E-state index contributed by atoms with van der Waals surface area (Å²) in [5.41, 5.74) is 1.13. The zero-order valence-corrected chi connectivity index (χ0v) is 15.1. The van der Waals surface area contributed by atoms with Gasteiger partial charge in [-0.15, -0.1) is 0 Å². The van der Waals surface area contributed by atoms with Crippen molar-refractivity contribution in [3.8, 4) is 11.5 Å². The molecule has 2 aromatic carbocycles. The third-order valence-corrected chi connectivity index (χ3v) is 5.41. The van der Waals surface area contributed by atoms with Crippen LogP contribution in [0, 0.1) is 0 Å². The average molecular weight is 463 g/mol. The SMILES string of the molecule is Brc1ccc(Br)c(C(Br)C2COc3ccccc3O2)c1. The molecule has 0 N–H and O–H groups in total. The Labute approximate surface area is 142 Å². The average Bonchev–Trinajstić information content (AvgIpc) is 2.48. The molecule has 0 amide bonds. The summed E-state index contributed by atoms with van der Waals surface area (Å²) in [5, 5.41) is 0. The second-order valence-electron chi connectivity index (χ2n) is 4.48. The van der Waals surface area contributed by atoms with Crippen LogP contribution in [0.5, 0.6) is 11.5 Å². The highest BCUT2D eigenvalue weighted by atomic mass is 79.9. The highest BCUT2D eigenvalue weighted by Crippen LogP contribution is 2.40. The number of para-hydroxylation sites is 2. The van der Waals surface area contributed by atoms with E-state index in [1.54, 1.807) is 0 Å². The fourth-order valence-corrected chi connectivity index (χ4v) is 3.92. The summed E-state index contributed by atoms with van der Waals surface area (Å²) in [6, 6.07) is 13.8. The van der Waals surface area contributed by atoms with Gasteiger partial charge in [-0.05, 0) is 35.9 Å².